The molecule has 1 fully saturated rings. The number of hydrogen-bond donors (Lipinski definition) is 2. The van der Waals surface area contributed by atoms with E-state index in [1.165, 1.54) is 5.56 Å². The standard InChI is InChI=1S/C13H18N2O/c16-13-12(14-9-4-10-15-13)8-7-11-5-2-1-3-6-11/h1-3,5-6,12,14H,4,7-10H2,(H,15,16). The first kappa shape index (κ1) is 11.1. The summed E-state index contributed by atoms with van der Waals surface area (Å²) in [5.74, 6) is 0.147. The summed E-state index contributed by atoms with van der Waals surface area (Å²) in [7, 11) is 0. The fraction of sp³-hybridized carbons (Fsp3) is 0.462. The third-order valence-corrected chi connectivity index (χ3v) is 2.92. The van der Waals surface area contributed by atoms with E-state index in [1.54, 1.807) is 0 Å². The molecule has 0 aliphatic carbocycles. The van der Waals surface area contributed by atoms with Crippen LogP contribution in [-0.4, -0.2) is 25.0 Å². The van der Waals surface area contributed by atoms with Crippen LogP contribution in [0.25, 0.3) is 0 Å². The average molecular weight is 218 g/mol. The largest absolute Gasteiger partial charge is 0.355 e. The van der Waals surface area contributed by atoms with Gasteiger partial charge in [0.1, 0.15) is 0 Å². The van der Waals surface area contributed by atoms with Crippen molar-refractivity contribution in [1.29, 1.82) is 0 Å². The van der Waals surface area contributed by atoms with E-state index in [-0.39, 0.29) is 11.9 Å². The fourth-order valence-corrected chi connectivity index (χ4v) is 1.98. The molecule has 1 saturated heterocycles. The molecule has 0 spiro atoms. The Morgan fingerprint density at radius 3 is 2.81 bits per heavy atom. The van der Waals surface area contributed by atoms with Crippen LogP contribution in [0.3, 0.4) is 0 Å². The molecule has 16 heavy (non-hydrogen) atoms. The zero-order valence-electron chi connectivity index (χ0n) is 9.41. The van der Waals surface area contributed by atoms with Crippen molar-refractivity contribution in [3.63, 3.8) is 0 Å². The molecule has 3 heteroatoms. The second-order valence-corrected chi connectivity index (χ2v) is 4.18. The Bertz CT molecular complexity index is 337. The first-order valence-electron chi connectivity index (χ1n) is 5.91. The van der Waals surface area contributed by atoms with Gasteiger partial charge in [-0.05, 0) is 31.4 Å². The Balaban J connectivity index is 1.86. The quantitative estimate of drug-likeness (QED) is 0.797. The van der Waals surface area contributed by atoms with Crippen molar-refractivity contribution >= 4 is 5.91 Å². The van der Waals surface area contributed by atoms with Gasteiger partial charge < -0.3 is 10.6 Å². The molecule has 1 atom stereocenters. The molecular formula is C13H18N2O. The second kappa shape index (κ2) is 5.66. The van der Waals surface area contributed by atoms with E-state index >= 15 is 0 Å². The van der Waals surface area contributed by atoms with Crippen LogP contribution < -0.4 is 10.6 Å². The molecule has 1 aromatic carbocycles. The number of benzene rings is 1. The van der Waals surface area contributed by atoms with E-state index in [2.05, 4.69) is 22.8 Å². The third-order valence-electron chi connectivity index (χ3n) is 2.92. The molecule has 0 bridgehead atoms. The van der Waals surface area contributed by atoms with Crippen LogP contribution in [0, 0.1) is 0 Å². The Kier molecular flexibility index (Phi) is 3.94. The summed E-state index contributed by atoms with van der Waals surface area (Å²) in [6.07, 6.45) is 2.84. The van der Waals surface area contributed by atoms with Gasteiger partial charge in [-0.15, -0.1) is 0 Å². The Hall–Kier alpha value is -1.35. The molecular weight excluding hydrogens is 200 g/mol. The number of rotatable bonds is 3. The number of carbonyl (C=O) groups is 1. The number of amides is 1. The normalized spacial score (nSPS) is 21.2. The number of nitrogens with one attached hydrogen (secondary N) is 2. The van der Waals surface area contributed by atoms with Gasteiger partial charge in [-0.2, -0.15) is 0 Å². The molecule has 2 N–H and O–H groups in total. The van der Waals surface area contributed by atoms with Gasteiger partial charge in [-0.1, -0.05) is 30.3 Å². The predicted octanol–water partition coefficient (Wildman–Crippen LogP) is 1.10. The van der Waals surface area contributed by atoms with Crippen molar-refractivity contribution in [3.05, 3.63) is 35.9 Å². The average Bonchev–Trinajstić information content (AvgIpc) is 2.53. The second-order valence-electron chi connectivity index (χ2n) is 4.18. The van der Waals surface area contributed by atoms with E-state index < -0.39 is 0 Å². The predicted molar refractivity (Wildman–Crippen MR) is 64.2 cm³/mol. The van der Waals surface area contributed by atoms with Gasteiger partial charge in [-0.3, -0.25) is 4.79 Å². The lowest BCUT2D eigenvalue weighted by Crippen LogP contribution is -2.41. The minimum absolute atomic E-state index is 0.0253. The summed E-state index contributed by atoms with van der Waals surface area (Å²) in [5, 5.41) is 6.22. The highest BCUT2D eigenvalue weighted by Crippen LogP contribution is 2.06. The summed E-state index contributed by atoms with van der Waals surface area (Å²) in [6, 6.07) is 10.3. The molecule has 1 unspecified atom stereocenters. The molecule has 1 amide bonds. The van der Waals surface area contributed by atoms with Crippen molar-refractivity contribution in [3.8, 4) is 0 Å². The molecule has 1 heterocycles. The maximum atomic E-state index is 11.7. The number of hydrogen-bond acceptors (Lipinski definition) is 2. The highest BCUT2D eigenvalue weighted by molar-refractivity contribution is 5.81. The van der Waals surface area contributed by atoms with Crippen molar-refractivity contribution in [2.45, 2.75) is 25.3 Å². The summed E-state index contributed by atoms with van der Waals surface area (Å²) >= 11 is 0. The molecule has 0 saturated carbocycles. The molecule has 1 aliphatic heterocycles. The topological polar surface area (TPSA) is 41.1 Å². The Morgan fingerprint density at radius 1 is 1.19 bits per heavy atom. The first-order chi connectivity index (χ1) is 7.86. The highest BCUT2D eigenvalue weighted by atomic mass is 16.2. The highest BCUT2D eigenvalue weighted by Gasteiger charge is 2.19. The monoisotopic (exact) mass is 218 g/mol. The van der Waals surface area contributed by atoms with Crippen LogP contribution in [0.2, 0.25) is 0 Å². The zero-order chi connectivity index (χ0) is 11.2. The van der Waals surface area contributed by atoms with Crippen molar-refractivity contribution in [2.75, 3.05) is 13.1 Å². The summed E-state index contributed by atoms with van der Waals surface area (Å²) in [4.78, 5) is 11.7. The van der Waals surface area contributed by atoms with Crippen LogP contribution in [0.1, 0.15) is 18.4 Å². The van der Waals surface area contributed by atoms with Gasteiger partial charge >= 0.3 is 0 Å². The number of carbonyl (C=O) groups excluding carboxylic acids is 1. The van der Waals surface area contributed by atoms with Crippen LogP contribution in [-0.2, 0) is 11.2 Å². The molecule has 86 valence electrons. The van der Waals surface area contributed by atoms with E-state index in [9.17, 15) is 4.79 Å². The maximum Gasteiger partial charge on any atom is 0.237 e. The molecule has 0 aromatic heterocycles. The van der Waals surface area contributed by atoms with Crippen LogP contribution >= 0.6 is 0 Å². The molecule has 3 nitrogen and oxygen atoms in total. The van der Waals surface area contributed by atoms with Gasteiger partial charge in [0.05, 0.1) is 6.04 Å². The maximum absolute atomic E-state index is 11.7. The van der Waals surface area contributed by atoms with Crippen molar-refractivity contribution < 1.29 is 4.79 Å². The first-order valence-corrected chi connectivity index (χ1v) is 5.91. The minimum atomic E-state index is -0.0253. The van der Waals surface area contributed by atoms with Gasteiger partial charge in [0.15, 0.2) is 0 Å². The van der Waals surface area contributed by atoms with E-state index in [0.29, 0.717) is 0 Å². The molecule has 1 aromatic rings. The lowest BCUT2D eigenvalue weighted by molar-refractivity contribution is -0.122. The third kappa shape index (κ3) is 3.07. The lowest BCUT2D eigenvalue weighted by Gasteiger charge is -2.14. The minimum Gasteiger partial charge on any atom is -0.355 e. The fourth-order valence-electron chi connectivity index (χ4n) is 1.98. The van der Waals surface area contributed by atoms with Crippen LogP contribution in [0.4, 0.5) is 0 Å². The molecule has 2 rings (SSSR count). The summed E-state index contributed by atoms with van der Waals surface area (Å²) in [5.41, 5.74) is 1.29. The summed E-state index contributed by atoms with van der Waals surface area (Å²) in [6.45, 7) is 1.73. The molecule has 1 aliphatic rings. The number of aryl methyl sites for hydroxylation is 1. The Labute approximate surface area is 96.2 Å². The molecule has 0 radical (unpaired) electrons. The smallest absolute Gasteiger partial charge is 0.237 e. The van der Waals surface area contributed by atoms with E-state index in [0.717, 1.165) is 32.4 Å². The van der Waals surface area contributed by atoms with E-state index in [1.807, 2.05) is 18.2 Å². The SMILES string of the molecule is O=C1NCCCNC1CCc1ccccc1. The van der Waals surface area contributed by atoms with Gasteiger partial charge in [0.2, 0.25) is 5.91 Å². The lowest BCUT2D eigenvalue weighted by atomic mass is 10.0. The zero-order valence-corrected chi connectivity index (χ0v) is 9.41. The van der Waals surface area contributed by atoms with Crippen LogP contribution in [0.15, 0.2) is 30.3 Å². The van der Waals surface area contributed by atoms with Gasteiger partial charge in [-0.25, -0.2) is 0 Å². The van der Waals surface area contributed by atoms with Gasteiger partial charge in [0, 0.05) is 6.54 Å². The Morgan fingerprint density at radius 2 is 2.00 bits per heavy atom. The van der Waals surface area contributed by atoms with Crippen molar-refractivity contribution in [2.24, 2.45) is 0 Å². The van der Waals surface area contributed by atoms with Crippen LogP contribution in [0.5, 0.6) is 0 Å². The van der Waals surface area contributed by atoms with E-state index in [4.69, 9.17) is 0 Å². The van der Waals surface area contributed by atoms with Crippen molar-refractivity contribution in [1.82, 2.24) is 10.6 Å². The summed E-state index contributed by atoms with van der Waals surface area (Å²) < 4.78 is 0. The van der Waals surface area contributed by atoms with Gasteiger partial charge in [0.25, 0.3) is 0 Å².